The van der Waals surface area contributed by atoms with Gasteiger partial charge in [-0.2, -0.15) is 0 Å². The fourth-order valence-corrected chi connectivity index (χ4v) is 2.81. The van der Waals surface area contributed by atoms with Gasteiger partial charge in [-0.05, 0) is 41.5 Å². The van der Waals surface area contributed by atoms with Crippen LogP contribution < -0.4 is 10.1 Å². The highest BCUT2D eigenvalue weighted by Gasteiger charge is 2.21. The van der Waals surface area contributed by atoms with E-state index in [4.69, 9.17) is 4.74 Å². The molecule has 0 aliphatic heterocycles. The van der Waals surface area contributed by atoms with Crippen LogP contribution in [0.4, 0.5) is 4.39 Å². The standard InChI is InChI=1S/C23H20FNO4/c24-19-10-5-9-18(14-19)22(26)25-21(23(27)28)13-17-8-4-11-20(12-17)29-15-16-6-2-1-3-7-16/h1-12,14,21H,13,15H2,(H,25,26)(H,27,28)/t21-/m1/s1. The van der Waals surface area contributed by atoms with Crippen molar-refractivity contribution in [3.63, 3.8) is 0 Å². The normalized spacial score (nSPS) is 11.5. The average Bonchev–Trinajstić information content (AvgIpc) is 2.73. The van der Waals surface area contributed by atoms with Gasteiger partial charge in [0.2, 0.25) is 0 Å². The Morgan fingerprint density at radius 1 is 0.931 bits per heavy atom. The van der Waals surface area contributed by atoms with Gasteiger partial charge in [0.25, 0.3) is 5.91 Å². The molecule has 6 heteroatoms. The van der Waals surface area contributed by atoms with Crippen LogP contribution in [0.5, 0.6) is 5.75 Å². The zero-order valence-electron chi connectivity index (χ0n) is 15.5. The molecular weight excluding hydrogens is 373 g/mol. The van der Waals surface area contributed by atoms with Crippen LogP contribution in [0.3, 0.4) is 0 Å². The number of carboxylic acids is 1. The van der Waals surface area contributed by atoms with Crippen LogP contribution in [-0.4, -0.2) is 23.0 Å². The molecule has 1 amide bonds. The highest BCUT2D eigenvalue weighted by Crippen LogP contribution is 2.17. The minimum absolute atomic E-state index is 0.0659. The van der Waals surface area contributed by atoms with E-state index in [1.165, 1.54) is 18.2 Å². The van der Waals surface area contributed by atoms with Crippen LogP contribution in [0.1, 0.15) is 21.5 Å². The quantitative estimate of drug-likeness (QED) is 0.610. The average molecular weight is 393 g/mol. The van der Waals surface area contributed by atoms with Crippen molar-refractivity contribution in [3.05, 3.63) is 101 Å². The molecule has 29 heavy (non-hydrogen) atoms. The Bertz CT molecular complexity index is 991. The number of carboxylic acid groups (broad SMARTS) is 1. The molecule has 0 bridgehead atoms. The Morgan fingerprint density at radius 3 is 2.38 bits per heavy atom. The number of halogens is 1. The molecule has 0 saturated heterocycles. The fraction of sp³-hybridized carbons (Fsp3) is 0.130. The van der Waals surface area contributed by atoms with E-state index in [1.54, 1.807) is 24.3 Å². The first-order chi connectivity index (χ1) is 14.0. The van der Waals surface area contributed by atoms with Crippen LogP contribution in [0, 0.1) is 5.82 Å². The maximum absolute atomic E-state index is 13.3. The molecule has 0 aromatic heterocycles. The van der Waals surface area contributed by atoms with Crippen molar-refractivity contribution in [1.82, 2.24) is 5.32 Å². The zero-order chi connectivity index (χ0) is 20.6. The Hall–Kier alpha value is -3.67. The van der Waals surface area contributed by atoms with Crippen molar-refractivity contribution in [2.24, 2.45) is 0 Å². The van der Waals surface area contributed by atoms with Gasteiger partial charge in [0.15, 0.2) is 0 Å². The highest BCUT2D eigenvalue weighted by molar-refractivity contribution is 5.96. The fourth-order valence-electron chi connectivity index (χ4n) is 2.81. The summed E-state index contributed by atoms with van der Waals surface area (Å²) < 4.78 is 19.1. The second-order valence-electron chi connectivity index (χ2n) is 6.50. The summed E-state index contributed by atoms with van der Waals surface area (Å²) in [6, 6.07) is 20.7. The Labute approximate surface area is 167 Å². The summed E-state index contributed by atoms with van der Waals surface area (Å²) in [5.74, 6) is -1.78. The monoisotopic (exact) mass is 393 g/mol. The minimum atomic E-state index is -1.18. The van der Waals surface area contributed by atoms with Crippen LogP contribution in [0.15, 0.2) is 78.9 Å². The first-order valence-corrected chi connectivity index (χ1v) is 9.06. The summed E-state index contributed by atoms with van der Waals surface area (Å²) in [6.45, 7) is 0.392. The van der Waals surface area contributed by atoms with Crippen LogP contribution in [0.2, 0.25) is 0 Å². The molecule has 0 spiro atoms. The molecular formula is C23H20FNO4. The number of rotatable bonds is 8. The summed E-state index contributed by atoms with van der Waals surface area (Å²) in [4.78, 5) is 23.9. The smallest absolute Gasteiger partial charge is 0.326 e. The molecule has 0 radical (unpaired) electrons. The Kier molecular flexibility index (Phi) is 6.58. The van der Waals surface area contributed by atoms with E-state index in [-0.39, 0.29) is 12.0 Å². The predicted molar refractivity (Wildman–Crippen MR) is 106 cm³/mol. The van der Waals surface area contributed by atoms with E-state index in [0.29, 0.717) is 17.9 Å². The third-order valence-electron chi connectivity index (χ3n) is 4.28. The van der Waals surface area contributed by atoms with Gasteiger partial charge in [0.05, 0.1) is 0 Å². The van der Waals surface area contributed by atoms with Crippen molar-refractivity contribution >= 4 is 11.9 Å². The van der Waals surface area contributed by atoms with Crippen LogP contribution in [0.25, 0.3) is 0 Å². The van der Waals surface area contributed by atoms with Crippen molar-refractivity contribution in [3.8, 4) is 5.75 Å². The van der Waals surface area contributed by atoms with E-state index in [9.17, 15) is 19.1 Å². The second kappa shape index (κ2) is 9.50. The second-order valence-corrected chi connectivity index (χ2v) is 6.50. The minimum Gasteiger partial charge on any atom is -0.489 e. The number of amides is 1. The summed E-state index contributed by atoms with van der Waals surface area (Å²) in [5, 5.41) is 11.9. The summed E-state index contributed by atoms with van der Waals surface area (Å²) in [6.07, 6.45) is 0.0684. The number of nitrogens with one attached hydrogen (secondary N) is 1. The number of hydrogen-bond acceptors (Lipinski definition) is 3. The molecule has 3 aromatic carbocycles. The van der Waals surface area contributed by atoms with Crippen molar-refractivity contribution in [1.29, 1.82) is 0 Å². The molecule has 3 aromatic rings. The van der Waals surface area contributed by atoms with Crippen molar-refractivity contribution < 1.29 is 23.8 Å². The van der Waals surface area contributed by atoms with E-state index >= 15 is 0 Å². The van der Waals surface area contributed by atoms with E-state index in [0.717, 1.165) is 11.6 Å². The van der Waals surface area contributed by atoms with Gasteiger partial charge >= 0.3 is 5.97 Å². The van der Waals surface area contributed by atoms with Crippen LogP contribution >= 0.6 is 0 Å². The van der Waals surface area contributed by atoms with Gasteiger partial charge < -0.3 is 15.2 Å². The van der Waals surface area contributed by atoms with Gasteiger partial charge in [-0.25, -0.2) is 9.18 Å². The van der Waals surface area contributed by atoms with Crippen LogP contribution in [-0.2, 0) is 17.8 Å². The maximum Gasteiger partial charge on any atom is 0.326 e. The third kappa shape index (κ3) is 5.90. The van der Waals surface area contributed by atoms with Gasteiger partial charge in [0.1, 0.15) is 24.2 Å². The number of aliphatic carboxylic acids is 1. The predicted octanol–water partition coefficient (Wildman–Crippen LogP) is 3.83. The topological polar surface area (TPSA) is 75.6 Å². The molecule has 0 aliphatic carbocycles. The first kappa shape index (κ1) is 20.1. The summed E-state index contributed by atoms with van der Waals surface area (Å²) in [5.41, 5.74) is 1.78. The lowest BCUT2D eigenvalue weighted by molar-refractivity contribution is -0.139. The summed E-state index contributed by atoms with van der Waals surface area (Å²) in [7, 11) is 0. The van der Waals surface area contributed by atoms with E-state index in [2.05, 4.69) is 5.32 Å². The number of carbonyl (C=O) groups is 2. The third-order valence-corrected chi connectivity index (χ3v) is 4.28. The first-order valence-electron chi connectivity index (χ1n) is 9.06. The molecule has 0 aliphatic rings. The SMILES string of the molecule is O=C(N[C@H](Cc1cccc(OCc2ccccc2)c1)C(=O)O)c1cccc(F)c1. The zero-order valence-corrected chi connectivity index (χ0v) is 15.5. The molecule has 0 heterocycles. The van der Waals surface area contributed by atoms with Crippen molar-refractivity contribution in [2.45, 2.75) is 19.1 Å². The van der Waals surface area contributed by atoms with E-state index in [1.807, 2.05) is 30.3 Å². The Morgan fingerprint density at radius 2 is 1.66 bits per heavy atom. The van der Waals surface area contributed by atoms with Crippen molar-refractivity contribution in [2.75, 3.05) is 0 Å². The lowest BCUT2D eigenvalue weighted by Crippen LogP contribution is -2.42. The summed E-state index contributed by atoms with van der Waals surface area (Å²) >= 11 is 0. The number of hydrogen-bond donors (Lipinski definition) is 2. The molecule has 0 fully saturated rings. The molecule has 0 unspecified atom stereocenters. The lowest BCUT2D eigenvalue weighted by Gasteiger charge is -2.15. The number of carbonyl (C=O) groups excluding carboxylic acids is 1. The van der Waals surface area contributed by atoms with Gasteiger partial charge in [-0.3, -0.25) is 4.79 Å². The van der Waals surface area contributed by atoms with Gasteiger partial charge in [-0.1, -0.05) is 48.5 Å². The molecule has 0 saturated carbocycles. The molecule has 5 nitrogen and oxygen atoms in total. The Balaban J connectivity index is 1.65. The lowest BCUT2D eigenvalue weighted by atomic mass is 10.0. The van der Waals surface area contributed by atoms with Gasteiger partial charge in [0, 0.05) is 12.0 Å². The molecule has 148 valence electrons. The van der Waals surface area contributed by atoms with E-state index < -0.39 is 23.7 Å². The molecule has 3 rings (SSSR count). The largest absolute Gasteiger partial charge is 0.489 e. The molecule has 1 atom stereocenters. The number of ether oxygens (including phenoxy) is 1. The number of benzene rings is 3. The highest BCUT2D eigenvalue weighted by atomic mass is 19.1. The molecule has 2 N–H and O–H groups in total. The maximum atomic E-state index is 13.3. The van der Waals surface area contributed by atoms with Gasteiger partial charge in [-0.15, -0.1) is 0 Å².